The van der Waals surface area contributed by atoms with E-state index in [1.807, 2.05) is 17.4 Å². The zero-order valence-corrected chi connectivity index (χ0v) is 10.5. The van der Waals surface area contributed by atoms with Crippen molar-refractivity contribution in [2.75, 3.05) is 5.32 Å². The highest BCUT2D eigenvalue weighted by atomic mass is 35.5. The van der Waals surface area contributed by atoms with Crippen LogP contribution in [0.25, 0.3) is 0 Å². The molecule has 3 nitrogen and oxygen atoms in total. The summed E-state index contributed by atoms with van der Waals surface area (Å²) in [7, 11) is 0. The molecule has 2 rings (SSSR count). The Hall–Kier alpha value is -1.13. The number of hydrogen-bond donors (Lipinski definition) is 1. The molecule has 84 valence electrons. The van der Waals surface area contributed by atoms with Crippen LogP contribution in [0.2, 0.25) is 5.15 Å². The number of anilines is 1. The van der Waals surface area contributed by atoms with Gasteiger partial charge >= 0.3 is 0 Å². The highest BCUT2D eigenvalue weighted by Crippen LogP contribution is 2.18. The van der Waals surface area contributed by atoms with Gasteiger partial charge in [0, 0.05) is 9.75 Å². The Bertz CT molecular complexity index is 453. The van der Waals surface area contributed by atoms with E-state index < -0.39 is 0 Å². The van der Waals surface area contributed by atoms with Gasteiger partial charge in [-0.1, -0.05) is 18.5 Å². The maximum absolute atomic E-state index is 5.65. The van der Waals surface area contributed by atoms with Crippen molar-refractivity contribution in [2.24, 2.45) is 0 Å². The summed E-state index contributed by atoms with van der Waals surface area (Å²) in [5, 5.41) is 11.3. The van der Waals surface area contributed by atoms with Crippen LogP contribution in [0.15, 0.2) is 24.3 Å². The van der Waals surface area contributed by atoms with Gasteiger partial charge in [0.05, 0.1) is 6.54 Å². The quantitative estimate of drug-likeness (QED) is 0.908. The first-order chi connectivity index (χ1) is 7.78. The average molecular weight is 254 g/mol. The first-order valence-corrected chi connectivity index (χ1v) is 6.28. The lowest BCUT2D eigenvalue weighted by Gasteiger charge is -2.02. The van der Waals surface area contributed by atoms with Crippen LogP contribution < -0.4 is 5.32 Å². The summed E-state index contributed by atoms with van der Waals surface area (Å²) in [5.41, 5.74) is 0. The molecule has 0 amide bonds. The van der Waals surface area contributed by atoms with Gasteiger partial charge in [0.1, 0.15) is 5.82 Å². The van der Waals surface area contributed by atoms with Crippen molar-refractivity contribution in [3.05, 3.63) is 39.2 Å². The number of hydrogen-bond acceptors (Lipinski definition) is 4. The molecule has 0 aliphatic carbocycles. The molecule has 0 radical (unpaired) electrons. The number of aromatic nitrogens is 2. The fourth-order valence-electron chi connectivity index (χ4n) is 1.30. The Morgan fingerprint density at radius 2 is 2.00 bits per heavy atom. The molecule has 2 heterocycles. The molecule has 0 unspecified atom stereocenters. The minimum Gasteiger partial charge on any atom is -0.364 e. The lowest BCUT2D eigenvalue weighted by atomic mass is 10.3. The number of halogens is 1. The van der Waals surface area contributed by atoms with Crippen LogP contribution in [0, 0.1) is 0 Å². The number of nitrogens with one attached hydrogen (secondary N) is 1. The molecular weight excluding hydrogens is 242 g/mol. The number of rotatable bonds is 4. The molecule has 0 bridgehead atoms. The summed E-state index contributed by atoms with van der Waals surface area (Å²) in [6.07, 6.45) is 1.09. The van der Waals surface area contributed by atoms with Gasteiger partial charge in [0.15, 0.2) is 5.15 Å². The molecule has 0 saturated carbocycles. The molecule has 5 heteroatoms. The third kappa shape index (κ3) is 2.93. The Labute approximate surface area is 103 Å². The van der Waals surface area contributed by atoms with E-state index in [1.165, 1.54) is 9.75 Å². The smallest absolute Gasteiger partial charge is 0.151 e. The van der Waals surface area contributed by atoms with E-state index in [4.69, 9.17) is 11.6 Å². The van der Waals surface area contributed by atoms with E-state index in [2.05, 4.69) is 34.6 Å². The second-order valence-electron chi connectivity index (χ2n) is 3.32. The molecule has 1 N–H and O–H groups in total. The second-order valence-corrected chi connectivity index (χ2v) is 4.96. The molecule has 0 aliphatic heterocycles. The maximum atomic E-state index is 5.65. The summed E-state index contributed by atoms with van der Waals surface area (Å²) >= 11 is 7.47. The van der Waals surface area contributed by atoms with Crippen LogP contribution in [-0.2, 0) is 13.0 Å². The van der Waals surface area contributed by atoms with Crippen molar-refractivity contribution >= 4 is 28.8 Å². The molecule has 0 aromatic carbocycles. The molecule has 0 atom stereocenters. The predicted octanol–water partition coefficient (Wildman–Crippen LogP) is 3.37. The fourth-order valence-corrected chi connectivity index (χ4v) is 2.29. The first kappa shape index (κ1) is 11.4. The van der Waals surface area contributed by atoms with Crippen molar-refractivity contribution < 1.29 is 0 Å². The average Bonchev–Trinajstić information content (AvgIpc) is 2.76. The van der Waals surface area contributed by atoms with Gasteiger partial charge in [0.2, 0.25) is 0 Å². The Morgan fingerprint density at radius 1 is 1.19 bits per heavy atom. The minimum absolute atomic E-state index is 0.412. The van der Waals surface area contributed by atoms with Crippen LogP contribution in [0.3, 0.4) is 0 Å². The van der Waals surface area contributed by atoms with Crippen LogP contribution in [0.1, 0.15) is 16.7 Å². The van der Waals surface area contributed by atoms with Crippen molar-refractivity contribution in [2.45, 2.75) is 19.9 Å². The van der Waals surface area contributed by atoms with Gasteiger partial charge in [-0.05, 0) is 30.7 Å². The van der Waals surface area contributed by atoms with Crippen LogP contribution >= 0.6 is 22.9 Å². The van der Waals surface area contributed by atoms with E-state index in [0.717, 1.165) is 18.8 Å². The van der Waals surface area contributed by atoms with Crippen molar-refractivity contribution in [1.29, 1.82) is 0 Å². The molecule has 2 aromatic rings. The number of aryl methyl sites for hydroxylation is 1. The third-order valence-corrected chi connectivity index (χ3v) is 3.57. The van der Waals surface area contributed by atoms with Gasteiger partial charge < -0.3 is 5.32 Å². The number of thiophene rings is 1. The molecule has 0 fully saturated rings. The van der Waals surface area contributed by atoms with E-state index in [1.54, 1.807) is 6.07 Å². The van der Waals surface area contributed by atoms with Gasteiger partial charge in [0.25, 0.3) is 0 Å². The monoisotopic (exact) mass is 253 g/mol. The van der Waals surface area contributed by atoms with Crippen LogP contribution in [-0.4, -0.2) is 10.2 Å². The SMILES string of the molecule is CCc1ccc(CNc2ccc(Cl)nn2)s1. The standard InChI is InChI=1S/C11H12ClN3S/c1-2-8-3-4-9(16-8)7-13-11-6-5-10(12)14-15-11/h3-6H,2,7H2,1H3,(H,13,15). The van der Waals surface area contributed by atoms with Crippen molar-refractivity contribution in [3.63, 3.8) is 0 Å². The summed E-state index contributed by atoms with van der Waals surface area (Å²) in [5.74, 6) is 0.746. The maximum Gasteiger partial charge on any atom is 0.151 e. The minimum atomic E-state index is 0.412. The molecule has 0 saturated heterocycles. The van der Waals surface area contributed by atoms with E-state index in [9.17, 15) is 0 Å². The summed E-state index contributed by atoms with van der Waals surface area (Å²) in [6.45, 7) is 2.94. The topological polar surface area (TPSA) is 37.8 Å². The number of nitrogens with zero attached hydrogens (tertiary/aromatic N) is 2. The lowest BCUT2D eigenvalue weighted by molar-refractivity contribution is 1.01. The zero-order valence-electron chi connectivity index (χ0n) is 8.90. The summed E-state index contributed by atoms with van der Waals surface area (Å²) in [6, 6.07) is 7.85. The largest absolute Gasteiger partial charge is 0.364 e. The van der Waals surface area contributed by atoms with Crippen LogP contribution in [0.5, 0.6) is 0 Å². The Balaban J connectivity index is 1.94. The normalized spacial score (nSPS) is 10.4. The first-order valence-electron chi connectivity index (χ1n) is 5.08. The van der Waals surface area contributed by atoms with Crippen LogP contribution in [0.4, 0.5) is 5.82 Å². The Kier molecular flexibility index (Phi) is 3.74. The van der Waals surface area contributed by atoms with Gasteiger partial charge in [-0.3, -0.25) is 0 Å². The van der Waals surface area contributed by atoms with Gasteiger partial charge in [-0.2, -0.15) is 0 Å². The highest BCUT2D eigenvalue weighted by Gasteiger charge is 1.99. The molecular formula is C11H12ClN3S. The van der Waals surface area contributed by atoms with E-state index in [0.29, 0.717) is 5.15 Å². The molecule has 2 aromatic heterocycles. The molecule has 0 spiro atoms. The van der Waals surface area contributed by atoms with E-state index in [-0.39, 0.29) is 0 Å². The van der Waals surface area contributed by atoms with Gasteiger partial charge in [-0.15, -0.1) is 21.5 Å². The van der Waals surface area contributed by atoms with Crippen molar-refractivity contribution in [3.8, 4) is 0 Å². The molecule has 0 aliphatic rings. The highest BCUT2D eigenvalue weighted by molar-refractivity contribution is 7.12. The summed E-state index contributed by atoms with van der Waals surface area (Å²) < 4.78 is 0. The zero-order chi connectivity index (χ0) is 11.4. The van der Waals surface area contributed by atoms with Gasteiger partial charge in [-0.25, -0.2) is 0 Å². The second kappa shape index (κ2) is 5.27. The Morgan fingerprint density at radius 3 is 2.62 bits per heavy atom. The predicted molar refractivity (Wildman–Crippen MR) is 68.1 cm³/mol. The third-order valence-electron chi connectivity index (χ3n) is 2.14. The molecule has 16 heavy (non-hydrogen) atoms. The summed E-state index contributed by atoms with van der Waals surface area (Å²) in [4.78, 5) is 2.70. The van der Waals surface area contributed by atoms with E-state index >= 15 is 0 Å². The lowest BCUT2D eigenvalue weighted by Crippen LogP contribution is -2.00. The van der Waals surface area contributed by atoms with Crippen molar-refractivity contribution in [1.82, 2.24) is 10.2 Å². The fraction of sp³-hybridized carbons (Fsp3) is 0.273.